The lowest BCUT2D eigenvalue weighted by molar-refractivity contribution is -0.132. The minimum atomic E-state index is 0.0392. The van der Waals surface area contributed by atoms with E-state index < -0.39 is 0 Å². The van der Waals surface area contributed by atoms with Crippen molar-refractivity contribution >= 4 is 33.9 Å². The highest BCUT2D eigenvalue weighted by molar-refractivity contribution is 7.13. The van der Waals surface area contributed by atoms with Gasteiger partial charge >= 0.3 is 0 Å². The molecule has 1 saturated heterocycles. The number of nitrogens with one attached hydrogen (secondary N) is 1. The number of pyridine rings is 1. The first-order chi connectivity index (χ1) is 15.3. The SMILES string of the molecule is O=C(CCN1CCCc2ccccc21)N1CCC[C@H]1c1cccc(Nc2nncs2)n1. The first-order valence-corrected chi connectivity index (χ1v) is 11.8. The lowest BCUT2D eigenvalue weighted by Gasteiger charge is -2.32. The molecule has 0 unspecified atom stereocenters. The molecule has 1 aromatic carbocycles. The van der Waals surface area contributed by atoms with Crippen LogP contribution in [-0.4, -0.2) is 45.6 Å². The number of anilines is 3. The number of carbonyl (C=O) groups is 1. The Bertz CT molecular complexity index is 1040. The molecule has 1 atom stereocenters. The van der Waals surface area contributed by atoms with Gasteiger partial charge in [0.05, 0.1) is 11.7 Å². The van der Waals surface area contributed by atoms with Crippen molar-refractivity contribution in [1.29, 1.82) is 0 Å². The maximum absolute atomic E-state index is 13.2. The van der Waals surface area contributed by atoms with E-state index in [1.807, 2.05) is 23.1 Å². The fourth-order valence-corrected chi connectivity index (χ4v) is 5.09. The largest absolute Gasteiger partial charge is 0.371 e. The van der Waals surface area contributed by atoms with Crippen molar-refractivity contribution in [2.75, 3.05) is 29.9 Å². The number of hydrogen-bond acceptors (Lipinski definition) is 7. The second kappa shape index (κ2) is 9.01. The number of likely N-dealkylation sites (tertiary alicyclic amines) is 1. The Labute approximate surface area is 186 Å². The third kappa shape index (κ3) is 4.39. The van der Waals surface area contributed by atoms with Crippen molar-refractivity contribution < 1.29 is 4.79 Å². The topological polar surface area (TPSA) is 74.2 Å². The lowest BCUT2D eigenvalue weighted by Crippen LogP contribution is -2.36. The number of carbonyl (C=O) groups excluding carboxylic acids is 1. The molecule has 0 saturated carbocycles. The van der Waals surface area contributed by atoms with Crippen LogP contribution in [0.1, 0.15) is 43.0 Å². The standard InChI is InChI=1S/C23H26N6OS/c30-22(12-15-28-13-4-7-17-6-1-2-9-19(17)28)29-14-5-10-20(29)18-8-3-11-21(25-18)26-23-27-24-16-31-23/h1-3,6,8-9,11,16,20H,4-5,7,10,12-15H2,(H,25,26,27)/t20-/m0/s1. The molecular formula is C23H26N6OS. The zero-order valence-corrected chi connectivity index (χ0v) is 18.2. The average molecular weight is 435 g/mol. The third-order valence-corrected chi connectivity index (χ3v) is 6.69. The van der Waals surface area contributed by atoms with E-state index >= 15 is 0 Å². The molecule has 1 amide bonds. The van der Waals surface area contributed by atoms with Gasteiger partial charge in [0.2, 0.25) is 11.0 Å². The quantitative estimate of drug-likeness (QED) is 0.627. The minimum Gasteiger partial charge on any atom is -0.371 e. The number of para-hydroxylation sites is 1. The highest BCUT2D eigenvalue weighted by atomic mass is 32.1. The van der Waals surface area contributed by atoms with Crippen LogP contribution in [0.25, 0.3) is 0 Å². The predicted octanol–water partition coefficient (Wildman–Crippen LogP) is 4.18. The molecule has 7 nitrogen and oxygen atoms in total. The Balaban J connectivity index is 1.25. The zero-order valence-electron chi connectivity index (χ0n) is 17.4. The highest BCUT2D eigenvalue weighted by Gasteiger charge is 2.31. The first kappa shape index (κ1) is 19.9. The summed E-state index contributed by atoms with van der Waals surface area (Å²) in [4.78, 5) is 22.3. The van der Waals surface area contributed by atoms with E-state index in [0.29, 0.717) is 11.6 Å². The molecule has 3 aromatic rings. The maximum Gasteiger partial charge on any atom is 0.224 e. The van der Waals surface area contributed by atoms with Gasteiger partial charge in [-0.25, -0.2) is 4.98 Å². The Morgan fingerprint density at radius 2 is 2.06 bits per heavy atom. The second-order valence-electron chi connectivity index (χ2n) is 8.03. The van der Waals surface area contributed by atoms with Crippen molar-refractivity contribution in [2.45, 2.75) is 38.1 Å². The molecular weight excluding hydrogens is 408 g/mol. The third-order valence-electron chi connectivity index (χ3n) is 6.08. The molecule has 8 heteroatoms. The Morgan fingerprint density at radius 1 is 1.13 bits per heavy atom. The van der Waals surface area contributed by atoms with Crippen molar-refractivity contribution in [1.82, 2.24) is 20.1 Å². The summed E-state index contributed by atoms with van der Waals surface area (Å²) < 4.78 is 0. The van der Waals surface area contributed by atoms with Crippen LogP contribution in [0.3, 0.4) is 0 Å². The zero-order chi connectivity index (χ0) is 21.0. The van der Waals surface area contributed by atoms with Crippen LogP contribution in [0.5, 0.6) is 0 Å². The number of aromatic nitrogens is 3. The number of fused-ring (bicyclic) bond motifs is 1. The molecule has 2 aliphatic heterocycles. The summed E-state index contributed by atoms with van der Waals surface area (Å²) in [7, 11) is 0. The van der Waals surface area contributed by atoms with E-state index in [2.05, 4.69) is 44.7 Å². The first-order valence-electron chi connectivity index (χ1n) is 10.9. The van der Waals surface area contributed by atoms with E-state index in [1.54, 1.807) is 5.51 Å². The maximum atomic E-state index is 13.2. The van der Waals surface area contributed by atoms with E-state index in [4.69, 9.17) is 4.98 Å². The summed E-state index contributed by atoms with van der Waals surface area (Å²) >= 11 is 1.43. The molecule has 0 spiro atoms. The van der Waals surface area contributed by atoms with Crippen molar-refractivity contribution in [3.8, 4) is 0 Å². The minimum absolute atomic E-state index is 0.0392. The summed E-state index contributed by atoms with van der Waals surface area (Å²) in [5.74, 6) is 0.952. The van der Waals surface area contributed by atoms with Crippen LogP contribution in [0.15, 0.2) is 48.0 Å². The van der Waals surface area contributed by atoms with E-state index in [1.165, 1.54) is 22.6 Å². The van der Waals surface area contributed by atoms with Gasteiger partial charge in [-0.2, -0.15) is 0 Å². The van der Waals surface area contributed by atoms with Gasteiger partial charge in [0.15, 0.2) is 0 Å². The van der Waals surface area contributed by atoms with Gasteiger partial charge in [0, 0.05) is 31.7 Å². The molecule has 4 heterocycles. The molecule has 31 heavy (non-hydrogen) atoms. The predicted molar refractivity (Wildman–Crippen MR) is 123 cm³/mol. The van der Waals surface area contributed by atoms with E-state index in [9.17, 15) is 4.79 Å². The summed E-state index contributed by atoms with van der Waals surface area (Å²) in [6.07, 6.45) is 4.78. The number of hydrogen-bond donors (Lipinski definition) is 1. The lowest BCUT2D eigenvalue weighted by atomic mass is 10.0. The summed E-state index contributed by atoms with van der Waals surface area (Å²) in [5, 5.41) is 11.8. The Morgan fingerprint density at radius 3 is 2.97 bits per heavy atom. The Hall–Kier alpha value is -3.00. The molecule has 1 N–H and O–H groups in total. The van der Waals surface area contributed by atoms with Gasteiger partial charge in [-0.3, -0.25) is 4.79 Å². The van der Waals surface area contributed by atoms with Crippen LogP contribution < -0.4 is 10.2 Å². The fraction of sp³-hybridized carbons (Fsp3) is 0.391. The molecule has 5 rings (SSSR count). The molecule has 0 aliphatic carbocycles. The highest BCUT2D eigenvalue weighted by Crippen LogP contribution is 2.33. The van der Waals surface area contributed by atoms with Gasteiger partial charge in [0.1, 0.15) is 11.3 Å². The average Bonchev–Trinajstić information content (AvgIpc) is 3.50. The monoisotopic (exact) mass is 434 g/mol. The fourth-order valence-electron chi connectivity index (χ4n) is 4.63. The van der Waals surface area contributed by atoms with Crippen molar-refractivity contribution in [3.63, 3.8) is 0 Å². The molecule has 0 bridgehead atoms. The number of aryl methyl sites for hydroxylation is 1. The van der Waals surface area contributed by atoms with Gasteiger partial charge in [-0.15, -0.1) is 10.2 Å². The van der Waals surface area contributed by atoms with Crippen LogP contribution in [0.2, 0.25) is 0 Å². The van der Waals surface area contributed by atoms with Crippen molar-refractivity contribution in [2.24, 2.45) is 0 Å². The summed E-state index contributed by atoms with van der Waals surface area (Å²) in [6, 6.07) is 14.5. The van der Waals surface area contributed by atoms with Crippen LogP contribution in [0.4, 0.5) is 16.6 Å². The van der Waals surface area contributed by atoms with Crippen LogP contribution in [-0.2, 0) is 11.2 Å². The summed E-state index contributed by atoms with van der Waals surface area (Å²) in [6.45, 7) is 2.59. The molecule has 1 fully saturated rings. The van der Waals surface area contributed by atoms with E-state index in [0.717, 1.165) is 56.8 Å². The molecule has 2 aromatic heterocycles. The Kier molecular flexibility index (Phi) is 5.80. The van der Waals surface area contributed by atoms with Gasteiger partial charge in [-0.1, -0.05) is 35.6 Å². The van der Waals surface area contributed by atoms with Crippen LogP contribution in [0, 0.1) is 0 Å². The second-order valence-corrected chi connectivity index (χ2v) is 8.86. The molecule has 2 aliphatic rings. The summed E-state index contributed by atoms with van der Waals surface area (Å²) in [5.41, 5.74) is 5.30. The van der Waals surface area contributed by atoms with Gasteiger partial charge in [0.25, 0.3) is 0 Å². The number of amides is 1. The molecule has 160 valence electrons. The van der Waals surface area contributed by atoms with E-state index in [-0.39, 0.29) is 11.9 Å². The number of nitrogens with zero attached hydrogens (tertiary/aromatic N) is 5. The van der Waals surface area contributed by atoms with Gasteiger partial charge in [-0.05, 0) is 49.4 Å². The number of benzene rings is 1. The normalized spacial score (nSPS) is 18.1. The molecule has 0 radical (unpaired) electrons. The van der Waals surface area contributed by atoms with Crippen molar-refractivity contribution in [3.05, 3.63) is 59.2 Å². The number of rotatable bonds is 6. The van der Waals surface area contributed by atoms with Crippen LogP contribution >= 0.6 is 11.3 Å². The van der Waals surface area contributed by atoms with Gasteiger partial charge < -0.3 is 15.1 Å². The smallest absolute Gasteiger partial charge is 0.224 e.